The Morgan fingerprint density at radius 2 is 1.71 bits per heavy atom. The predicted molar refractivity (Wildman–Crippen MR) is 74.2 cm³/mol. The minimum absolute atomic E-state index is 0.193. The van der Waals surface area contributed by atoms with E-state index in [1.54, 1.807) is 0 Å². The summed E-state index contributed by atoms with van der Waals surface area (Å²) in [5.74, 6) is 1.03. The van der Waals surface area contributed by atoms with E-state index in [1.807, 2.05) is 6.07 Å². The Bertz CT molecular complexity index is 292. The molecule has 1 nitrogen and oxygen atoms in total. The third-order valence-corrected chi connectivity index (χ3v) is 3.41. The van der Waals surface area contributed by atoms with E-state index in [0.717, 1.165) is 25.2 Å². The van der Waals surface area contributed by atoms with E-state index in [4.69, 9.17) is 0 Å². The largest absolute Gasteiger partial charge is 0.392 e. The van der Waals surface area contributed by atoms with E-state index < -0.39 is 0 Å². The first-order valence-corrected chi connectivity index (χ1v) is 6.88. The number of aliphatic hydroxyl groups is 1. The minimum Gasteiger partial charge on any atom is -0.392 e. The summed E-state index contributed by atoms with van der Waals surface area (Å²) in [7, 11) is 0. The van der Waals surface area contributed by atoms with E-state index in [0.29, 0.717) is 5.92 Å². The van der Waals surface area contributed by atoms with Crippen molar-refractivity contribution in [1.29, 1.82) is 0 Å². The van der Waals surface area contributed by atoms with Crippen LogP contribution >= 0.6 is 0 Å². The van der Waals surface area contributed by atoms with Crippen LogP contribution in [-0.4, -0.2) is 11.2 Å². The average molecular weight is 234 g/mol. The van der Waals surface area contributed by atoms with Gasteiger partial charge in [-0.1, -0.05) is 63.9 Å². The van der Waals surface area contributed by atoms with Gasteiger partial charge in [-0.05, 0) is 24.3 Å². The van der Waals surface area contributed by atoms with Crippen molar-refractivity contribution < 1.29 is 5.11 Å². The van der Waals surface area contributed by atoms with Gasteiger partial charge in [0.1, 0.15) is 0 Å². The summed E-state index contributed by atoms with van der Waals surface area (Å²) in [5.41, 5.74) is 1.27. The Morgan fingerprint density at radius 3 is 2.24 bits per heavy atom. The summed E-state index contributed by atoms with van der Waals surface area (Å²) in [5, 5.41) is 10.3. The fraction of sp³-hybridized carbons (Fsp3) is 0.625. The second-order valence-electron chi connectivity index (χ2n) is 5.32. The normalized spacial score (nSPS) is 14.9. The first kappa shape index (κ1) is 14.2. The molecule has 0 aliphatic heterocycles. The third kappa shape index (κ3) is 4.91. The summed E-state index contributed by atoms with van der Waals surface area (Å²) in [4.78, 5) is 0. The lowest BCUT2D eigenvalue weighted by Crippen LogP contribution is -2.18. The Balaban J connectivity index is 2.50. The maximum absolute atomic E-state index is 10.3. The van der Waals surface area contributed by atoms with Crippen LogP contribution in [-0.2, 0) is 0 Å². The van der Waals surface area contributed by atoms with Crippen molar-refractivity contribution in [2.45, 2.75) is 58.5 Å². The first-order valence-electron chi connectivity index (χ1n) is 6.88. The van der Waals surface area contributed by atoms with Crippen molar-refractivity contribution in [3.63, 3.8) is 0 Å². The van der Waals surface area contributed by atoms with Crippen LogP contribution in [0.25, 0.3) is 0 Å². The van der Waals surface area contributed by atoms with E-state index >= 15 is 0 Å². The molecule has 17 heavy (non-hydrogen) atoms. The van der Waals surface area contributed by atoms with Crippen LogP contribution in [0.2, 0.25) is 0 Å². The molecule has 0 amide bonds. The molecule has 0 spiro atoms. The number of aliphatic hydroxyl groups excluding tert-OH is 1. The topological polar surface area (TPSA) is 20.2 Å². The number of hydrogen-bond acceptors (Lipinski definition) is 1. The summed E-state index contributed by atoms with van der Waals surface area (Å²) in [6.07, 6.45) is 4.07. The molecule has 0 aromatic heterocycles. The number of hydrogen-bond donors (Lipinski definition) is 1. The Morgan fingerprint density at radius 1 is 1.06 bits per heavy atom. The van der Waals surface area contributed by atoms with Crippen LogP contribution in [0.4, 0.5) is 0 Å². The van der Waals surface area contributed by atoms with Gasteiger partial charge < -0.3 is 5.11 Å². The number of benzene rings is 1. The second kappa shape index (κ2) is 7.50. The monoisotopic (exact) mass is 234 g/mol. The van der Waals surface area contributed by atoms with E-state index in [1.165, 1.54) is 12.0 Å². The lowest BCUT2D eigenvalue weighted by atomic mass is 9.88. The van der Waals surface area contributed by atoms with Gasteiger partial charge in [-0.25, -0.2) is 0 Å². The van der Waals surface area contributed by atoms with Crippen LogP contribution in [0.5, 0.6) is 0 Å². The molecule has 0 fully saturated rings. The van der Waals surface area contributed by atoms with Gasteiger partial charge in [0.2, 0.25) is 0 Å². The molecule has 0 saturated heterocycles. The van der Waals surface area contributed by atoms with Crippen LogP contribution < -0.4 is 0 Å². The number of rotatable bonds is 7. The standard InChI is InChI=1S/C16H26O/c1-4-15(14-10-6-5-7-11-14)16(17)12-8-9-13(2)3/h5-7,10-11,13,15-17H,4,8-9,12H2,1-3H3. The van der Waals surface area contributed by atoms with E-state index in [2.05, 4.69) is 45.0 Å². The van der Waals surface area contributed by atoms with E-state index in [-0.39, 0.29) is 6.10 Å². The fourth-order valence-corrected chi connectivity index (χ4v) is 2.37. The third-order valence-electron chi connectivity index (χ3n) is 3.41. The second-order valence-corrected chi connectivity index (χ2v) is 5.32. The highest BCUT2D eigenvalue weighted by atomic mass is 16.3. The molecule has 1 aromatic rings. The molecule has 2 atom stereocenters. The van der Waals surface area contributed by atoms with Gasteiger partial charge in [0, 0.05) is 5.92 Å². The van der Waals surface area contributed by atoms with Gasteiger partial charge in [0.15, 0.2) is 0 Å². The summed E-state index contributed by atoms with van der Waals surface area (Å²) in [6.45, 7) is 6.63. The van der Waals surface area contributed by atoms with Crippen molar-refractivity contribution in [2.24, 2.45) is 5.92 Å². The lowest BCUT2D eigenvalue weighted by Gasteiger charge is -2.22. The summed E-state index contributed by atoms with van der Waals surface area (Å²) >= 11 is 0. The Kier molecular flexibility index (Phi) is 6.28. The van der Waals surface area contributed by atoms with Crippen molar-refractivity contribution in [2.75, 3.05) is 0 Å². The zero-order chi connectivity index (χ0) is 12.7. The van der Waals surface area contributed by atoms with Crippen molar-refractivity contribution in [3.8, 4) is 0 Å². The van der Waals surface area contributed by atoms with Crippen LogP contribution in [0.3, 0.4) is 0 Å². The highest BCUT2D eigenvalue weighted by molar-refractivity contribution is 5.20. The molecule has 0 saturated carbocycles. The zero-order valence-electron chi connectivity index (χ0n) is 11.4. The summed E-state index contributed by atoms with van der Waals surface area (Å²) < 4.78 is 0. The molecule has 1 heteroatoms. The van der Waals surface area contributed by atoms with Gasteiger partial charge in [0.25, 0.3) is 0 Å². The van der Waals surface area contributed by atoms with Crippen molar-refractivity contribution >= 4 is 0 Å². The van der Waals surface area contributed by atoms with Crippen LogP contribution in [0, 0.1) is 5.92 Å². The van der Waals surface area contributed by atoms with E-state index in [9.17, 15) is 5.11 Å². The molecular formula is C16H26O. The zero-order valence-corrected chi connectivity index (χ0v) is 11.4. The molecule has 0 bridgehead atoms. The smallest absolute Gasteiger partial charge is 0.0608 e. The maximum Gasteiger partial charge on any atom is 0.0608 e. The van der Waals surface area contributed by atoms with Crippen LogP contribution in [0.1, 0.15) is 57.9 Å². The molecular weight excluding hydrogens is 208 g/mol. The van der Waals surface area contributed by atoms with Gasteiger partial charge in [0.05, 0.1) is 6.10 Å². The molecule has 0 aliphatic rings. The molecule has 1 N–H and O–H groups in total. The average Bonchev–Trinajstić information content (AvgIpc) is 2.31. The molecule has 2 unspecified atom stereocenters. The van der Waals surface area contributed by atoms with Crippen LogP contribution in [0.15, 0.2) is 30.3 Å². The lowest BCUT2D eigenvalue weighted by molar-refractivity contribution is 0.127. The van der Waals surface area contributed by atoms with Gasteiger partial charge in [-0.2, -0.15) is 0 Å². The fourth-order valence-electron chi connectivity index (χ4n) is 2.37. The van der Waals surface area contributed by atoms with Crippen molar-refractivity contribution in [3.05, 3.63) is 35.9 Å². The minimum atomic E-state index is -0.193. The summed E-state index contributed by atoms with van der Waals surface area (Å²) in [6, 6.07) is 10.4. The highest BCUT2D eigenvalue weighted by Crippen LogP contribution is 2.26. The first-order chi connectivity index (χ1) is 8.15. The van der Waals surface area contributed by atoms with Gasteiger partial charge >= 0.3 is 0 Å². The SMILES string of the molecule is CCC(c1ccccc1)C(O)CCCC(C)C. The molecule has 0 radical (unpaired) electrons. The van der Waals surface area contributed by atoms with Crippen molar-refractivity contribution in [1.82, 2.24) is 0 Å². The quantitative estimate of drug-likeness (QED) is 0.743. The molecule has 96 valence electrons. The Hall–Kier alpha value is -0.820. The maximum atomic E-state index is 10.3. The molecule has 0 heterocycles. The Labute approximate surface area is 106 Å². The molecule has 0 aliphatic carbocycles. The predicted octanol–water partition coefficient (Wildman–Crippen LogP) is 4.37. The van der Waals surface area contributed by atoms with Gasteiger partial charge in [-0.15, -0.1) is 0 Å². The highest BCUT2D eigenvalue weighted by Gasteiger charge is 2.18. The molecule has 1 rings (SSSR count). The molecule has 1 aromatic carbocycles. The van der Waals surface area contributed by atoms with Gasteiger partial charge in [-0.3, -0.25) is 0 Å².